The summed E-state index contributed by atoms with van der Waals surface area (Å²) < 4.78 is 44.8. The van der Waals surface area contributed by atoms with E-state index in [1.165, 1.54) is 0 Å². The number of aromatic amines is 1. The molecular formula is C30H35N3O4. The van der Waals surface area contributed by atoms with E-state index < -0.39 is 19.3 Å². The van der Waals surface area contributed by atoms with Crippen LogP contribution in [0.3, 0.4) is 0 Å². The largest absolute Gasteiger partial charge is 0.382 e. The van der Waals surface area contributed by atoms with Gasteiger partial charge in [0.15, 0.2) is 0 Å². The number of amides is 1. The van der Waals surface area contributed by atoms with Crippen molar-refractivity contribution in [1.82, 2.24) is 10.3 Å². The second-order valence-corrected chi connectivity index (χ2v) is 9.43. The van der Waals surface area contributed by atoms with Crippen LogP contribution in [-0.2, 0) is 11.3 Å². The Morgan fingerprint density at radius 2 is 1.97 bits per heavy atom. The van der Waals surface area contributed by atoms with Gasteiger partial charge in [-0.3, -0.25) is 14.4 Å². The zero-order chi connectivity index (χ0) is 30.8. The fourth-order valence-electron chi connectivity index (χ4n) is 4.63. The van der Waals surface area contributed by atoms with Crippen molar-refractivity contribution in [3.8, 4) is 11.1 Å². The first kappa shape index (κ1) is 20.4. The number of anilines is 1. The fourth-order valence-corrected chi connectivity index (χ4v) is 4.63. The average Bonchev–Trinajstić information content (AvgIpc) is 2.93. The van der Waals surface area contributed by atoms with Crippen LogP contribution in [0.1, 0.15) is 76.0 Å². The standard InChI is InChI=1S/C30H35N3O4/c1-5-25-15-24(10-11-37-25)33-28-14-23(22-8-6-21(17-34)7-9-22)13-26(20(28)4)29(35)31-16-27-18(2)12-19(3)32-30(27)36/h6-9,12-14,17,24-25,33H,5,10-11,15-16H2,1-4H3,(H,31,35)(H,32,36)/i1D3,5D2. The third-order valence-corrected chi connectivity index (χ3v) is 6.76. The van der Waals surface area contributed by atoms with Gasteiger partial charge in [-0.15, -0.1) is 0 Å². The highest BCUT2D eigenvalue weighted by molar-refractivity contribution is 5.99. The normalized spacial score (nSPS) is 20.0. The molecule has 7 nitrogen and oxygen atoms in total. The lowest BCUT2D eigenvalue weighted by Gasteiger charge is -2.31. The third-order valence-electron chi connectivity index (χ3n) is 6.76. The molecule has 7 heteroatoms. The van der Waals surface area contributed by atoms with E-state index in [1.807, 2.05) is 19.1 Å². The highest BCUT2D eigenvalue weighted by Crippen LogP contribution is 2.31. The number of hydrogen-bond acceptors (Lipinski definition) is 5. The topological polar surface area (TPSA) is 100 Å². The molecule has 3 N–H and O–H groups in total. The zero-order valence-corrected chi connectivity index (χ0v) is 21.2. The summed E-state index contributed by atoms with van der Waals surface area (Å²) in [5.41, 5.74) is 5.32. The van der Waals surface area contributed by atoms with Crippen molar-refractivity contribution in [3.05, 3.63) is 86.3 Å². The van der Waals surface area contributed by atoms with E-state index >= 15 is 0 Å². The Balaban J connectivity index is 1.67. The number of benzene rings is 2. The van der Waals surface area contributed by atoms with E-state index in [-0.39, 0.29) is 37.1 Å². The van der Waals surface area contributed by atoms with Gasteiger partial charge in [-0.2, -0.15) is 0 Å². The maximum Gasteiger partial charge on any atom is 0.253 e. The highest BCUT2D eigenvalue weighted by atomic mass is 16.5. The van der Waals surface area contributed by atoms with Gasteiger partial charge in [0.2, 0.25) is 0 Å². The number of aldehydes is 1. The van der Waals surface area contributed by atoms with Crippen molar-refractivity contribution in [2.24, 2.45) is 0 Å². The Bertz CT molecular complexity index is 1530. The molecule has 1 saturated heterocycles. The maximum absolute atomic E-state index is 13.5. The number of aromatic nitrogens is 1. The number of hydrogen-bond donors (Lipinski definition) is 3. The number of H-pyrrole nitrogens is 1. The van der Waals surface area contributed by atoms with Gasteiger partial charge in [0, 0.05) is 54.1 Å². The summed E-state index contributed by atoms with van der Waals surface area (Å²) in [5.74, 6) is -0.384. The SMILES string of the molecule is [2H]C([2H])([2H])C([2H])([2H])C1CC(Nc2cc(-c3ccc(C=O)cc3)cc(C(=O)NCc3c(C)cc(C)[nH]c3=O)c2C)CCO1. The molecule has 1 aromatic heterocycles. The molecule has 0 saturated carbocycles. The van der Waals surface area contributed by atoms with E-state index in [4.69, 9.17) is 11.6 Å². The summed E-state index contributed by atoms with van der Waals surface area (Å²) in [4.78, 5) is 39.9. The van der Waals surface area contributed by atoms with Gasteiger partial charge in [-0.05, 0) is 80.4 Å². The fraction of sp³-hybridized carbons (Fsp3) is 0.367. The zero-order valence-electron chi connectivity index (χ0n) is 26.2. The first-order valence-electron chi connectivity index (χ1n) is 14.8. The minimum absolute atomic E-state index is 0.0343. The van der Waals surface area contributed by atoms with Gasteiger partial charge < -0.3 is 20.4 Å². The van der Waals surface area contributed by atoms with Crippen molar-refractivity contribution < 1.29 is 21.2 Å². The van der Waals surface area contributed by atoms with Crippen molar-refractivity contribution in [3.63, 3.8) is 0 Å². The predicted molar refractivity (Wildman–Crippen MR) is 146 cm³/mol. The smallest absolute Gasteiger partial charge is 0.253 e. The van der Waals surface area contributed by atoms with E-state index in [1.54, 1.807) is 44.2 Å². The highest BCUT2D eigenvalue weighted by Gasteiger charge is 2.23. The van der Waals surface area contributed by atoms with Gasteiger partial charge in [-0.25, -0.2) is 0 Å². The molecule has 0 spiro atoms. The number of carbonyl (C=O) groups is 2. The summed E-state index contributed by atoms with van der Waals surface area (Å²) in [5, 5.41) is 6.27. The molecule has 1 amide bonds. The third kappa shape index (κ3) is 6.17. The van der Waals surface area contributed by atoms with Gasteiger partial charge in [0.1, 0.15) is 6.29 Å². The summed E-state index contributed by atoms with van der Waals surface area (Å²) >= 11 is 0. The number of rotatable bonds is 8. The Labute approximate surface area is 224 Å². The Kier molecular flexibility index (Phi) is 6.36. The molecule has 37 heavy (non-hydrogen) atoms. The first-order valence-corrected chi connectivity index (χ1v) is 12.3. The second-order valence-electron chi connectivity index (χ2n) is 9.43. The Morgan fingerprint density at radius 1 is 1.19 bits per heavy atom. The van der Waals surface area contributed by atoms with E-state index in [9.17, 15) is 14.4 Å². The molecule has 2 unspecified atom stereocenters. The van der Waals surface area contributed by atoms with E-state index in [2.05, 4.69) is 15.6 Å². The molecule has 194 valence electrons. The van der Waals surface area contributed by atoms with Crippen LogP contribution >= 0.6 is 0 Å². The van der Waals surface area contributed by atoms with Crippen LogP contribution in [0.4, 0.5) is 5.69 Å². The van der Waals surface area contributed by atoms with Crippen LogP contribution in [0, 0.1) is 20.8 Å². The van der Waals surface area contributed by atoms with Gasteiger partial charge in [-0.1, -0.05) is 31.1 Å². The predicted octanol–water partition coefficient (Wildman–Crippen LogP) is 5.08. The van der Waals surface area contributed by atoms with Crippen LogP contribution in [0.2, 0.25) is 0 Å². The van der Waals surface area contributed by atoms with Gasteiger partial charge in [0.05, 0.1) is 6.10 Å². The second kappa shape index (κ2) is 11.6. The lowest BCUT2D eigenvalue weighted by atomic mass is 9.95. The van der Waals surface area contributed by atoms with Crippen molar-refractivity contribution in [2.75, 3.05) is 11.9 Å². The summed E-state index contributed by atoms with van der Waals surface area (Å²) in [6.45, 7) is 2.77. The number of pyridine rings is 1. The van der Waals surface area contributed by atoms with Gasteiger partial charge >= 0.3 is 0 Å². The van der Waals surface area contributed by atoms with Crippen molar-refractivity contribution >= 4 is 17.9 Å². The monoisotopic (exact) mass is 506 g/mol. The molecule has 0 radical (unpaired) electrons. The molecular weight excluding hydrogens is 466 g/mol. The van der Waals surface area contributed by atoms with E-state index in [0.717, 1.165) is 23.1 Å². The molecule has 3 aromatic rings. The Hall–Kier alpha value is -3.71. The van der Waals surface area contributed by atoms with Crippen LogP contribution in [0.15, 0.2) is 47.3 Å². The first-order chi connectivity index (χ1) is 19.7. The van der Waals surface area contributed by atoms with Crippen LogP contribution in [0.5, 0.6) is 0 Å². The molecule has 0 bridgehead atoms. The summed E-state index contributed by atoms with van der Waals surface area (Å²) in [7, 11) is 0. The molecule has 1 aliphatic heterocycles. The minimum Gasteiger partial charge on any atom is -0.382 e. The van der Waals surface area contributed by atoms with Crippen LogP contribution in [-0.4, -0.2) is 35.9 Å². The molecule has 2 aromatic carbocycles. The quantitative estimate of drug-likeness (QED) is 0.370. The molecule has 1 aliphatic rings. The average molecular weight is 507 g/mol. The number of aryl methyl sites for hydroxylation is 2. The summed E-state index contributed by atoms with van der Waals surface area (Å²) in [6.07, 6.45) is -2.27. The van der Waals surface area contributed by atoms with Crippen molar-refractivity contribution in [2.45, 2.75) is 65.5 Å². The van der Waals surface area contributed by atoms with Crippen molar-refractivity contribution in [1.29, 1.82) is 0 Å². The maximum atomic E-state index is 13.5. The lowest BCUT2D eigenvalue weighted by Crippen LogP contribution is -2.34. The van der Waals surface area contributed by atoms with Gasteiger partial charge in [0.25, 0.3) is 11.5 Å². The summed E-state index contributed by atoms with van der Waals surface area (Å²) in [6, 6.07) is 12.1. The number of carbonyl (C=O) groups excluding carboxylic acids is 2. The Morgan fingerprint density at radius 3 is 2.68 bits per heavy atom. The molecule has 2 heterocycles. The van der Waals surface area contributed by atoms with E-state index in [0.29, 0.717) is 39.9 Å². The lowest BCUT2D eigenvalue weighted by molar-refractivity contribution is 0.00924. The number of ether oxygens (including phenoxy) is 1. The molecule has 0 aliphatic carbocycles. The molecule has 2 atom stereocenters. The van der Waals surface area contributed by atoms with Crippen LogP contribution in [0.25, 0.3) is 11.1 Å². The van der Waals surface area contributed by atoms with Crippen LogP contribution < -0.4 is 16.2 Å². The number of nitrogens with one attached hydrogen (secondary N) is 3. The molecule has 1 fully saturated rings. The minimum atomic E-state index is -2.84. The molecule has 4 rings (SSSR count).